The molecule has 5 nitrogen and oxygen atoms in total. The second kappa shape index (κ2) is 6.62. The highest BCUT2D eigenvalue weighted by molar-refractivity contribution is 6.30. The van der Waals surface area contributed by atoms with Crippen LogP contribution in [0.5, 0.6) is 0 Å². The number of aromatic nitrogens is 3. The normalized spacial score (nSPS) is 10.5. The molecule has 0 unspecified atom stereocenters. The molecule has 0 radical (unpaired) electrons. The lowest BCUT2D eigenvalue weighted by Gasteiger charge is -2.04. The summed E-state index contributed by atoms with van der Waals surface area (Å²) in [5.74, 6) is -0.258. The van der Waals surface area contributed by atoms with Crippen LogP contribution in [0.3, 0.4) is 0 Å². The predicted molar refractivity (Wildman–Crippen MR) is 90.5 cm³/mol. The molecule has 1 amide bonds. The molecule has 0 aliphatic carbocycles. The predicted octanol–water partition coefficient (Wildman–Crippen LogP) is 3.87. The Balaban J connectivity index is 1.91. The van der Waals surface area contributed by atoms with Gasteiger partial charge in [-0.1, -0.05) is 23.7 Å². The monoisotopic (exact) mass is 326 g/mol. The van der Waals surface area contributed by atoms with Crippen molar-refractivity contribution in [1.82, 2.24) is 14.8 Å². The molecule has 0 spiro atoms. The van der Waals surface area contributed by atoms with E-state index < -0.39 is 0 Å². The molecule has 0 saturated heterocycles. The largest absolute Gasteiger partial charge is 0.320 e. The van der Waals surface area contributed by atoms with Crippen LogP contribution in [-0.4, -0.2) is 20.7 Å². The quantitative estimate of drug-likeness (QED) is 0.791. The van der Waals surface area contributed by atoms with E-state index in [1.54, 1.807) is 35.3 Å². The molecule has 2 heterocycles. The molecule has 6 heteroatoms. The third kappa shape index (κ3) is 3.40. The number of carbonyl (C=O) groups excluding carboxylic acids is 1. The van der Waals surface area contributed by atoms with E-state index in [0.29, 0.717) is 22.9 Å². The zero-order valence-electron chi connectivity index (χ0n) is 12.5. The van der Waals surface area contributed by atoms with Gasteiger partial charge < -0.3 is 5.32 Å². The molecule has 3 rings (SSSR count). The topological polar surface area (TPSA) is 59.8 Å². The highest BCUT2D eigenvalue weighted by Crippen LogP contribution is 2.24. The van der Waals surface area contributed by atoms with Crippen LogP contribution in [0.4, 0.5) is 5.69 Å². The maximum atomic E-state index is 12.4. The van der Waals surface area contributed by atoms with Crippen LogP contribution < -0.4 is 5.32 Å². The molecule has 3 aromatic rings. The zero-order valence-corrected chi connectivity index (χ0v) is 13.3. The molecule has 0 atom stereocenters. The van der Waals surface area contributed by atoms with E-state index in [9.17, 15) is 4.79 Å². The Morgan fingerprint density at radius 3 is 2.70 bits per heavy atom. The molecular formula is C17H15ClN4O. The van der Waals surface area contributed by atoms with E-state index in [4.69, 9.17) is 11.6 Å². The fraction of sp³-hybridized carbons (Fsp3) is 0.118. The first-order valence-corrected chi connectivity index (χ1v) is 7.60. The third-order valence-electron chi connectivity index (χ3n) is 3.37. The first kappa shape index (κ1) is 15.2. The van der Waals surface area contributed by atoms with Gasteiger partial charge in [0.1, 0.15) is 0 Å². The van der Waals surface area contributed by atoms with Gasteiger partial charge in [0.25, 0.3) is 5.91 Å². The Bertz CT molecular complexity index is 830. The Hall–Kier alpha value is -2.66. The van der Waals surface area contributed by atoms with E-state index >= 15 is 0 Å². The number of benzene rings is 1. The smallest absolute Gasteiger partial charge is 0.276 e. The molecule has 1 N–H and O–H groups in total. The highest BCUT2D eigenvalue weighted by atomic mass is 35.5. The maximum absolute atomic E-state index is 12.4. The minimum atomic E-state index is -0.258. The van der Waals surface area contributed by atoms with Crippen molar-refractivity contribution in [1.29, 1.82) is 0 Å². The van der Waals surface area contributed by atoms with Gasteiger partial charge in [-0.15, -0.1) is 0 Å². The van der Waals surface area contributed by atoms with Crippen LogP contribution in [0, 0.1) is 0 Å². The summed E-state index contributed by atoms with van der Waals surface area (Å²) in [4.78, 5) is 16.3. The van der Waals surface area contributed by atoms with Gasteiger partial charge >= 0.3 is 0 Å². The second-order valence-electron chi connectivity index (χ2n) is 4.93. The Morgan fingerprint density at radius 1 is 1.22 bits per heavy atom. The van der Waals surface area contributed by atoms with Crippen molar-refractivity contribution in [3.63, 3.8) is 0 Å². The minimum Gasteiger partial charge on any atom is -0.320 e. The number of amides is 1. The SMILES string of the molecule is CCn1nc(C(=O)Nc2ccncc2)cc1-c1cccc(Cl)c1. The number of rotatable bonds is 4. The number of anilines is 1. The van der Waals surface area contributed by atoms with E-state index in [-0.39, 0.29) is 5.91 Å². The molecule has 0 saturated carbocycles. The summed E-state index contributed by atoms with van der Waals surface area (Å²) in [6.45, 7) is 2.63. The number of nitrogens with zero attached hydrogens (tertiary/aromatic N) is 3. The third-order valence-corrected chi connectivity index (χ3v) is 3.61. The lowest BCUT2D eigenvalue weighted by atomic mass is 10.1. The number of nitrogens with one attached hydrogen (secondary N) is 1. The summed E-state index contributed by atoms with van der Waals surface area (Å²) in [6.07, 6.45) is 3.25. The summed E-state index contributed by atoms with van der Waals surface area (Å²) < 4.78 is 1.78. The zero-order chi connectivity index (χ0) is 16.2. The van der Waals surface area contributed by atoms with E-state index in [1.165, 1.54) is 0 Å². The molecule has 0 aliphatic rings. The first-order chi connectivity index (χ1) is 11.2. The van der Waals surface area contributed by atoms with Crippen molar-refractivity contribution in [2.45, 2.75) is 13.5 Å². The van der Waals surface area contributed by atoms with Gasteiger partial charge in [-0.2, -0.15) is 5.10 Å². The summed E-state index contributed by atoms with van der Waals surface area (Å²) in [6, 6.07) is 12.7. The lowest BCUT2D eigenvalue weighted by molar-refractivity contribution is 0.102. The van der Waals surface area contributed by atoms with Gasteiger partial charge in [-0.25, -0.2) is 0 Å². The van der Waals surface area contributed by atoms with Crippen LogP contribution in [0.1, 0.15) is 17.4 Å². The molecule has 0 bridgehead atoms. The average Bonchev–Trinajstić information content (AvgIpc) is 3.00. The summed E-state index contributed by atoms with van der Waals surface area (Å²) in [5, 5.41) is 7.83. The van der Waals surface area contributed by atoms with E-state index in [1.807, 2.05) is 31.2 Å². The molecule has 23 heavy (non-hydrogen) atoms. The van der Waals surface area contributed by atoms with Crippen molar-refractivity contribution in [3.8, 4) is 11.3 Å². The van der Waals surface area contributed by atoms with Crippen LogP contribution >= 0.6 is 11.6 Å². The van der Waals surface area contributed by atoms with Crippen molar-refractivity contribution < 1.29 is 4.79 Å². The molecule has 2 aromatic heterocycles. The van der Waals surface area contributed by atoms with Gasteiger partial charge in [-0.3, -0.25) is 14.5 Å². The standard InChI is InChI=1S/C17H15ClN4O/c1-2-22-16(12-4-3-5-13(18)10-12)11-15(21-22)17(23)20-14-6-8-19-9-7-14/h3-11H,2H2,1H3,(H,19,20,23). The molecular weight excluding hydrogens is 312 g/mol. The highest BCUT2D eigenvalue weighted by Gasteiger charge is 2.15. The molecule has 1 aromatic carbocycles. The first-order valence-electron chi connectivity index (χ1n) is 7.22. The molecule has 0 fully saturated rings. The fourth-order valence-corrected chi connectivity index (χ4v) is 2.47. The second-order valence-corrected chi connectivity index (χ2v) is 5.37. The van der Waals surface area contributed by atoms with Crippen molar-refractivity contribution in [2.75, 3.05) is 5.32 Å². The Labute approximate surface area is 138 Å². The number of halogens is 1. The maximum Gasteiger partial charge on any atom is 0.276 e. The number of carbonyl (C=O) groups is 1. The number of hydrogen-bond acceptors (Lipinski definition) is 3. The Kier molecular flexibility index (Phi) is 4.39. The minimum absolute atomic E-state index is 0.258. The van der Waals surface area contributed by atoms with Crippen molar-refractivity contribution in [3.05, 3.63) is 65.6 Å². The average molecular weight is 327 g/mol. The van der Waals surface area contributed by atoms with Crippen LogP contribution in [-0.2, 0) is 6.54 Å². The number of hydrogen-bond donors (Lipinski definition) is 1. The van der Waals surface area contributed by atoms with Gasteiger partial charge in [0.05, 0.1) is 5.69 Å². The summed E-state index contributed by atoms with van der Waals surface area (Å²) >= 11 is 6.05. The molecule has 0 aliphatic heterocycles. The van der Waals surface area contributed by atoms with E-state index in [2.05, 4.69) is 15.4 Å². The number of aryl methyl sites for hydroxylation is 1. The van der Waals surface area contributed by atoms with Crippen LogP contribution in [0.15, 0.2) is 54.9 Å². The Morgan fingerprint density at radius 2 is 2.00 bits per heavy atom. The van der Waals surface area contributed by atoms with E-state index in [0.717, 1.165) is 11.3 Å². The lowest BCUT2D eigenvalue weighted by Crippen LogP contribution is -2.13. The fourth-order valence-electron chi connectivity index (χ4n) is 2.28. The van der Waals surface area contributed by atoms with Crippen LogP contribution in [0.25, 0.3) is 11.3 Å². The van der Waals surface area contributed by atoms with Gasteiger partial charge in [-0.05, 0) is 37.3 Å². The van der Waals surface area contributed by atoms with Crippen LogP contribution in [0.2, 0.25) is 5.02 Å². The van der Waals surface area contributed by atoms with Gasteiger partial charge in [0.15, 0.2) is 5.69 Å². The van der Waals surface area contributed by atoms with Gasteiger partial charge in [0, 0.05) is 35.2 Å². The van der Waals surface area contributed by atoms with Crippen molar-refractivity contribution >= 4 is 23.2 Å². The van der Waals surface area contributed by atoms with Gasteiger partial charge in [0.2, 0.25) is 0 Å². The van der Waals surface area contributed by atoms with Crippen molar-refractivity contribution in [2.24, 2.45) is 0 Å². The number of pyridine rings is 1. The summed E-state index contributed by atoms with van der Waals surface area (Å²) in [7, 11) is 0. The molecule has 116 valence electrons. The summed E-state index contributed by atoms with van der Waals surface area (Å²) in [5.41, 5.74) is 2.82.